The lowest BCUT2D eigenvalue weighted by atomic mass is 9.78. The van der Waals surface area contributed by atoms with Crippen LogP contribution in [0.15, 0.2) is 27.9 Å². The van der Waals surface area contributed by atoms with Gasteiger partial charge in [0.25, 0.3) is 0 Å². The van der Waals surface area contributed by atoms with Crippen LogP contribution in [0.3, 0.4) is 0 Å². The number of carbonyl (C=O) groups is 1. The Kier molecular flexibility index (Phi) is 3.61. The molecular formula is C16H23N3O2. The summed E-state index contributed by atoms with van der Waals surface area (Å²) in [5, 5.41) is 6.36. The van der Waals surface area contributed by atoms with Gasteiger partial charge in [-0.1, -0.05) is 13.8 Å². The van der Waals surface area contributed by atoms with Crippen LogP contribution in [0.2, 0.25) is 0 Å². The molecule has 1 amide bonds. The molecule has 4 atom stereocenters. The van der Waals surface area contributed by atoms with Gasteiger partial charge < -0.3 is 9.32 Å². The van der Waals surface area contributed by atoms with Crippen molar-refractivity contribution in [2.75, 3.05) is 13.6 Å². The van der Waals surface area contributed by atoms with Gasteiger partial charge in [0.05, 0.1) is 6.26 Å². The molecule has 1 saturated heterocycles. The van der Waals surface area contributed by atoms with Gasteiger partial charge in [-0.15, -0.1) is 0 Å². The first kappa shape index (κ1) is 14.3. The van der Waals surface area contributed by atoms with Crippen LogP contribution in [0.5, 0.6) is 0 Å². The molecule has 5 nitrogen and oxygen atoms in total. The third kappa shape index (κ3) is 2.20. The highest BCUT2D eigenvalue weighted by Crippen LogP contribution is 2.43. The summed E-state index contributed by atoms with van der Waals surface area (Å²) in [5.41, 5.74) is 1.14. The highest BCUT2D eigenvalue weighted by atomic mass is 16.3. The fourth-order valence-electron chi connectivity index (χ4n) is 3.60. The minimum absolute atomic E-state index is 0.0559. The summed E-state index contributed by atoms with van der Waals surface area (Å²) >= 11 is 0. The monoisotopic (exact) mass is 289 g/mol. The maximum Gasteiger partial charge on any atom is 0.243 e. The first-order valence-electron chi connectivity index (χ1n) is 7.68. The topological polar surface area (TPSA) is 49.1 Å². The van der Waals surface area contributed by atoms with Crippen molar-refractivity contribution in [2.45, 2.75) is 39.3 Å². The second-order valence-electron chi connectivity index (χ2n) is 6.18. The first-order chi connectivity index (χ1) is 10.0. The largest absolute Gasteiger partial charge is 0.467 e. The quantitative estimate of drug-likeness (QED) is 0.840. The van der Waals surface area contributed by atoms with Crippen LogP contribution in [-0.2, 0) is 4.79 Å². The number of hydrogen-bond donors (Lipinski definition) is 0. The number of fused-ring (bicyclic) bond motifs is 1. The molecule has 0 radical (unpaired) electrons. The molecule has 0 unspecified atom stereocenters. The predicted molar refractivity (Wildman–Crippen MR) is 80.8 cm³/mol. The van der Waals surface area contributed by atoms with Crippen molar-refractivity contribution >= 4 is 11.6 Å². The van der Waals surface area contributed by atoms with E-state index in [9.17, 15) is 4.79 Å². The van der Waals surface area contributed by atoms with Crippen molar-refractivity contribution in [2.24, 2.45) is 16.9 Å². The number of carbonyl (C=O) groups excluding carboxylic acids is 1. The van der Waals surface area contributed by atoms with E-state index in [2.05, 4.69) is 25.8 Å². The lowest BCUT2D eigenvalue weighted by Crippen LogP contribution is -2.51. The molecule has 3 rings (SSSR count). The van der Waals surface area contributed by atoms with Crippen molar-refractivity contribution in [3.8, 4) is 0 Å². The fourth-order valence-corrected chi connectivity index (χ4v) is 3.60. The van der Waals surface area contributed by atoms with Gasteiger partial charge in [-0.2, -0.15) is 5.10 Å². The number of piperidine rings is 1. The van der Waals surface area contributed by atoms with E-state index in [1.165, 1.54) is 0 Å². The number of amides is 1. The molecular weight excluding hydrogens is 266 g/mol. The van der Waals surface area contributed by atoms with Crippen LogP contribution in [-0.4, -0.2) is 41.2 Å². The van der Waals surface area contributed by atoms with Crippen molar-refractivity contribution in [3.63, 3.8) is 0 Å². The highest BCUT2D eigenvalue weighted by Gasteiger charge is 2.49. The molecule has 5 heteroatoms. The number of hydrogen-bond acceptors (Lipinski definition) is 4. The zero-order chi connectivity index (χ0) is 15.1. The van der Waals surface area contributed by atoms with Crippen molar-refractivity contribution in [1.82, 2.24) is 9.91 Å². The second-order valence-corrected chi connectivity index (χ2v) is 6.18. The van der Waals surface area contributed by atoms with Crippen LogP contribution >= 0.6 is 0 Å². The Morgan fingerprint density at radius 3 is 2.86 bits per heavy atom. The lowest BCUT2D eigenvalue weighted by molar-refractivity contribution is -0.133. The Balaban J connectivity index is 2.04. The SMILES string of the molecule is CCC(=O)N1N=C2[C@H]([C@@H](C)N(C)C[C@@H]2C)[C@@H]1c1ccco1. The molecule has 3 heterocycles. The van der Waals surface area contributed by atoms with Crippen LogP contribution in [0.25, 0.3) is 0 Å². The van der Waals surface area contributed by atoms with Crippen LogP contribution < -0.4 is 0 Å². The van der Waals surface area contributed by atoms with Crippen molar-refractivity contribution < 1.29 is 9.21 Å². The number of nitrogens with zero attached hydrogens (tertiary/aromatic N) is 3. The van der Waals surface area contributed by atoms with E-state index in [4.69, 9.17) is 9.52 Å². The van der Waals surface area contributed by atoms with Gasteiger partial charge in [0.1, 0.15) is 11.8 Å². The van der Waals surface area contributed by atoms with Gasteiger partial charge in [0.15, 0.2) is 0 Å². The summed E-state index contributed by atoms with van der Waals surface area (Å²) in [4.78, 5) is 14.7. The average Bonchev–Trinajstić information content (AvgIpc) is 3.10. The lowest BCUT2D eigenvalue weighted by Gasteiger charge is -2.40. The average molecular weight is 289 g/mol. The van der Waals surface area contributed by atoms with E-state index in [1.807, 2.05) is 19.1 Å². The van der Waals surface area contributed by atoms with E-state index >= 15 is 0 Å². The Morgan fingerprint density at radius 2 is 2.24 bits per heavy atom. The molecule has 0 aromatic carbocycles. The molecule has 1 fully saturated rings. The molecule has 21 heavy (non-hydrogen) atoms. The van der Waals surface area contributed by atoms with Crippen LogP contribution in [0.4, 0.5) is 0 Å². The minimum atomic E-state index is -0.109. The van der Waals surface area contributed by atoms with Crippen LogP contribution in [0, 0.1) is 11.8 Å². The van der Waals surface area contributed by atoms with Gasteiger partial charge in [0.2, 0.25) is 5.91 Å². The van der Waals surface area contributed by atoms with Gasteiger partial charge in [-0.3, -0.25) is 4.79 Å². The fraction of sp³-hybridized carbons (Fsp3) is 0.625. The molecule has 1 aromatic heterocycles. The Morgan fingerprint density at radius 1 is 1.48 bits per heavy atom. The smallest absolute Gasteiger partial charge is 0.243 e. The zero-order valence-corrected chi connectivity index (χ0v) is 13.1. The van der Waals surface area contributed by atoms with Gasteiger partial charge in [-0.05, 0) is 26.1 Å². The van der Waals surface area contributed by atoms with E-state index in [0.29, 0.717) is 18.4 Å². The summed E-state index contributed by atoms with van der Waals surface area (Å²) in [6, 6.07) is 4.06. The van der Waals surface area contributed by atoms with Gasteiger partial charge in [0, 0.05) is 36.6 Å². The normalized spacial score (nSPS) is 33.0. The molecule has 2 aliphatic rings. The molecule has 0 N–H and O–H groups in total. The maximum atomic E-state index is 12.3. The van der Waals surface area contributed by atoms with Gasteiger partial charge >= 0.3 is 0 Å². The van der Waals surface area contributed by atoms with Crippen molar-refractivity contribution in [1.29, 1.82) is 0 Å². The standard InChI is InChI=1S/C16H23N3O2/c1-5-13(20)19-16(12-7-6-8-21-12)14-11(3)18(4)9-10(2)15(14)17-19/h6-8,10-11,14,16H,5,9H2,1-4H3/t10-,11+,14-,16-/m0/s1. The number of likely N-dealkylation sites (tertiary alicyclic amines) is 1. The predicted octanol–water partition coefficient (Wildman–Crippen LogP) is 2.52. The molecule has 0 aliphatic carbocycles. The Hall–Kier alpha value is -1.62. The molecule has 2 aliphatic heterocycles. The molecule has 0 saturated carbocycles. The van der Waals surface area contributed by atoms with Crippen molar-refractivity contribution in [3.05, 3.63) is 24.2 Å². The third-order valence-electron chi connectivity index (χ3n) is 4.84. The summed E-state index contributed by atoms with van der Waals surface area (Å²) in [6.07, 6.45) is 2.13. The minimum Gasteiger partial charge on any atom is -0.467 e. The Bertz CT molecular complexity index is 552. The number of rotatable bonds is 2. The van der Waals surface area contributed by atoms with E-state index in [-0.39, 0.29) is 17.9 Å². The number of furan rings is 1. The summed E-state index contributed by atoms with van der Waals surface area (Å²) in [5.74, 6) is 1.46. The summed E-state index contributed by atoms with van der Waals surface area (Å²) in [7, 11) is 2.14. The number of hydrazone groups is 1. The van der Waals surface area contributed by atoms with E-state index < -0.39 is 0 Å². The molecule has 0 bridgehead atoms. The third-order valence-corrected chi connectivity index (χ3v) is 4.84. The maximum absolute atomic E-state index is 12.3. The highest BCUT2D eigenvalue weighted by molar-refractivity contribution is 5.94. The molecule has 114 valence electrons. The summed E-state index contributed by atoms with van der Waals surface area (Å²) in [6.45, 7) is 7.26. The summed E-state index contributed by atoms with van der Waals surface area (Å²) < 4.78 is 5.62. The van der Waals surface area contributed by atoms with Crippen LogP contribution in [0.1, 0.15) is 39.0 Å². The molecule has 0 spiro atoms. The second kappa shape index (κ2) is 5.30. The zero-order valence-electron chi connectivity index (χ0n) is 13.1. The Labute approximate surface area is 125 Å². The van der Waals surface area contributed by atoms with E-state index in [0.717, 1.165) is 18.0 Å². The van der Waals surface area contributed by atoms with E-state index in [1.54, 1.807) is 11.3 Å². The first-order valence-corrected chi connectivity index (χ1v) is 7.68. The van der Waals surface area contributed by atoms with Gasteiger partial charge in [-0.25, -0.2) is 5.01 Å². The molecule has 1 aromatic rings.